The molecule has 2 aliphatic rings. The lowest BCUT2D eigenvalue weighted by Gasteiger charge is -2.15. The lowest BCUT2D eigenvalue weighted by atomic mass is 9.98. The quantitative estimate of drug-likeness (QED) is 0.765. The summed E-state index contributed by atoms with van der Waals surface area (Å²) in [6.45, 7) is 4.20. The van der Waals surface area contributed by atoms with Crippen LogP contribution in [0.5, 0.6) is 0 Å². The first-order chi connectivity index (χ1) is 9.86. The van der Waals surface area contributed by atoms with Gasteiger partial charge in [0.25, 0.3) is 0 Å². The topological polar surface area (TPSA) is 12.9 Å². The van der Waals surface area contributed by atoms with E-state index in [9.17, 15) is 13.2 Å². The van der Waals surface area contributed by atoms with Crippen LogP contribution in [-0.4, -0.2) is 11.2 Å². The first-order valence-corrected chi connectivity index (χ1v) is 7.81. The summed E-state index contributed by atoms with van der Waals surface area (Å²) in [7, 11) is 0. The lowest BCUT2D eigenvalue weighted by molar-refractivity contribution is -0.0939. The van der Waals surface area contributed by atoms with Gasteiger partial charge in [-0.15, -0.1) is 11.3 Å². The summed E-state index contributed by atoms with van der Waals surface area (Å²) in [6.07, 6.45) is 1.12. The summed E-state index contributed by atoms with van der Waals surface area (Å²) in [6, 6.07) is 0. The fourth-order valence-corrected chi connectivity index (χ4v) is 3.92. The Kier molecular flexibility index (Phi) is 3.56. The third-order valence-corrected chi connectivity index (χ3v) is 5.37. The van der Waals surface area contributed by atoms with E-state index in [0.29, 0.717) is 6.42 Å². The maximum absolute atomic E-state index is 12.6. The average Bonchev–Trinajstić information content (AvgIpc) is 2.89. The maximum atomic E-state index is 12.6. The third kappa shape index (κ3) is 2.71. The molecular weight excluding hydrogens is 295 g/mol. The van der Waals surface area contributed by atoms with Crippen molar-refractivity contribution in [1.82, 2.24) is 4.98 Å². The van der Waals surface area contributed by atoms with Crippen LogP contribution in [0.2, 0.25) is 0 Å². The van der Waals surface area contributed by atoms with Gasteiger partial charge in [0.15, 0.2) is 0 Å². The number of halogens is 3. The van der Waals surface area contributed by atoms with Crippen LogP contribution in [0.3, 0.4) is 0 Å². The van der Waals surface area contributed by atoms with E-state index in [1.165, 1.54) is 21.8 Å². The first-order valence-electron chi connectivity index (χ1n) is 7.00. The van der Waals surface area contributed by atoms with E-state index in [2.05, 4.69) is 18.8 Å². The largest absolute Gasteiger partial charge is 0.412 e. The van der Waals surface area contributed by atoms with Gasteiger partial charge in [-0.2, -0.15) is 13.2 Å². The Morgan fingerprint density at radius 1 is 1.00 bits per heavy atom. The van der Waals surface area contributed by atoms with Crippen molar-refractivity contribution in [1.29, 1.82) is 0 Å². The van der Waals surface area contributed by atoms with Crippen LogP contribution >= 0.6 is 11.3 Å². The molecule has 0 atom stereocenters. The van der Waals surface area contributed by atoms with Gasteiger partial charge >= 0.3 is 6.18 Å². The number of aromatic nitrogens is 1. The van der Waals surface area contributed by atoms with Gasteiger partial charge < -0.3 is 0 Å². The maximum Gasteiger partial charge on any atom is 0.412 e. The molecule has 1 aromatic heterocycles. The summed E-state index contributed by atoms with van der Waals surface area (Å²) < 4.78 is 39.1. The molecule has 5 heteroatoms. The van der Waals surface area contributed by atoms with Gasteiger partial charge in [0.2, 0.25) is 0 Å². The molecule has 0 spiro atoms. The molecule has 0 radical (unpaired) electrons. The van der Waals surface area contributed by atoms with Gasteiger partial charge in [-0.25, -0.2) is 4.98 Å². The van der Waals surface area contributed by atoms with Crippen molar-refractivity contribution in [2.24, 2.45) is 0 Å². The van der Waals surface area contributed by atoms with Crippen LogP contribution in [0.4, 0.5) is 13.2 Å². The van der Waals surface area contributed by atoms with Crippen molar-refractivity contribution in [2.45, 2.75) is 45.7 Å². The Morgan fingerprint density at radius 2 is 1.71 bits per heavy atom. The minimum Gasteiger partial charge on any atom is -0.236 e. The van der Waals surface area contributed by atoms with Gasteiger partial charge in [0.05, 0.1) is 9.88 Å². The zero-order chi connectivity index (χ0) is 15.2. The predicted octanol–water partition coefficient (Wildman–Crippen LogP) is 3.94. The number of rotatable bonds is 1. The second-order valence-corrected chi connectivity index (χ2v) is 6.64. The fraction of sp³-hybridized carbons (Fsp3) is 0.438. The average molecular weight is 311 g/mol. The molecule has 1 aromatic rings. The monoisotopic (exact) mass is 311 g/mol. The van der Waals surface area contributed by atoms with Gasteiger partial charge in [0.1, 0.15) is 5.01 Å². The van der Waals surface area contributed by atoms with Crippen molar-refractivity contribution in [2.75, 3.05) is 0 Å². The molecule has 0 bridgehead atoms. The van der Waals surface area contributed by atoms with Crippen LogP contribution in [0, 0.1) is 0 Å². The third-order valence-electron chi connectivity index (χ3n) is 4.08. The minimum absolute atomic E-state index is 0.0466. The first kappa shape index (κ1) is 14.6. The van der Waals surface area contributed by atoms with Crippen molar-refractivity contribution < 1.29 is 13.2 Å². The van der Waals surface area contributed by atoms with Crippen molar-refractivity contribution in [3.8, 4) is 0 Å². The van der Waals surface area contributed by atoms with Crippen LogP contribution in [0.15, 0.2) is 17.7 Å². The Morgan fingerprint density at radius 3 is 2.29 bits per heavy atom. The summed E-state index contributed by atoms with van der Waals surface area (Å²) in [4.78, 5) is 4.67. The predicted molar refractivity (Wildman–Crippen MR) is 80.1 cm³/mol. The molecule has 3 rings (SSSR count). The Labute approximate surface area is 125 Å². The van der Waals surface area contributed by atoms with Crippen molar-refractivity contribution in [3.63, 3.8) is 0 Å². The summed E-state index contributed by atoms with van der Waals surface area (Å²) >= 11 is 1.61. The zero-order valence-electron chi connectivity index (χ0n) is 12.0. The van der Waals surface area contributed by atoms with E-state index in [1.807, 2.05) is 0 Å². The van der Waals surface area contributed by atoms with E-state index in [4.69, 9.17) is 0 Å². The van der Waals surface area contributed by atoms with Crippen LogP contribution in [-0.2, 0) is 0 Å². The number of hydrogen-bond donors (Lipinski definition) is 0. The van der Waals surface area contributed by atoms with Gasteiger partial charge in [0, 0.05) is 5.57 Å². The molecule has 0 aliphatic heterocycles. The molecule has 0 saturated carbocycles. The standard InChI is InChI=1S/C16H16F3NS/c1-9-3-4-10(2)14-13(9)20-15(21-14)11-5-7-12(8-6-11)16(17,18)19/h5,7H,3-4,6,8H2,1-2H3. The molecule has 1 heterocycles. The summed E-state index contributed by atoms with van der Waals surface area (Å²) in [5.41, 5.74) is 3.09. The minimum atomic E-state index is -4.21. The summed E-state index contributed by atoms with van der Waals surface area (Å²) in [5.74, 6) is 0. The molecule has 0 unspecified atom stereocenters. The molecule has 0 saturated heterocycles. The Hall–Kier alpha value is -1.36. The Balaban J connectivity index is 2.04. The lowest BCUT2D eigenvalue weighted by Crippen LogP contribution is -2.28. The summed E-state index contributed by atoms with van der Waals surface area (Å²) in [5, 5.41) is 1.92. The number of thiazole rings is 1. The second kappa shape index (κ2) is 5.13. The molecule has 21 heavy (non-hydrogen) atoms. The fourth-order valence-electron chi connectivity index (χ4n) is 2.69. The molecule has 1 nitrogen and oxygen atoms in total. The highest BCUT2D eigenvalue weighted by Gasteiger charge is 2.34. The Bertz CT molecular complexity index is 723. The van der Waals surface area contributed by atoms with Gasteiger partial charge in [-0.1, -0.05) is 17.7 Å². The van der Waals surface area contributed by atoms with E-state index in [1.54, 1.807) is 17.4 Å². The smallest absolute Gasteiger partial charge is 0.236 e. The van der Waals surface area contributed by atoms with E-state index >= 15 is 0 Å². The second-order valence-electron chi connectivity index (χ2n) is 5.64. The SMILES string of the molecule is CC1=c2nc(C3=CC=C(C(F)(F)F)CC3)sc2=C(C)CC1. The van der Waals surface area contributed by atoms with Crippen LogP contribution in [0.1, 0.15) is 44.5 Å². The molecule has 2 aliphatic carbocycles. The highest BCUT2D eigenvalue weighted by molar-refractivity contribution is 7.10. The van der Waals surface area contributed by atoms with Gasteiger partial charge in [-0.3, -0.25) is 0 Å². The molecule has 0 amide bonds. The van der Waals surface area contributed by atoms with Crippen LogP contribution in [0.25, 0.3) is 16.7 Å². The molecular formula is C16H16F3NS. The normalized spacial score (nSPS) is 19.3. The van der Waals surface area contributed by atoms with Crippen molar-refractivity contribution in [3.05, 3.63) is 32.6 Å². The molecule has 0 fully saturated rings. The number of fused-ring (bicyclic) bond motifs is 1. The zero-order valence-corrected chi connectivity index (χ0v) is 12.8. The molecule has 112 valence electrons. The number of nitrogens with zero attached hydrogens (tertiary/aromatic N) is 1. The number of alkyl halides is 3. The van der Waals surface area contributed by atoms with Crippen molar-refractivity contribution >= 4 is 28.1 Å². The van der Waals surface area contributed by atoms with Crippen LogP contribution < -0.4 is 9.88 Å². The van der Waals surface area contributed by atoms with Gasteiger partial charge in [-0.05, 0) is 50.7 Å². The molecule has 0 aromatic carbocycles. The van der Waals surface area contributed by atoms with E-state index < -0.39 is 11.7 Å². The van der Waals surface area contributed by atoms with E-state index in [0.717, 1.165) is 28.8 Å². The highest BCUT2D eigenvalue weighted by Crippen LogP contribution is 2.35. The molecule has 0 N–H and O–H groups in total. The number of hydrogen-bond acceptors (Lipinski definition) is 2. The highest BCUT2D eigenvalue weighted by atomic mass is 32.1. The number of allylic oxidation sites excluding steroid dienone is 4. The van der Waals surface area contributed by atoms with E-state index in [-0.39, 0.29) is 6.42 Å².